The predicted octanol–water partition coefficient (Wildman–Crippen LogP) is 3.02. The van der Waals surface area contributed by atoms with Crippen LogP contribution >= 0.6 is 0 Å². The lowest BCUT2D eigenvalue weighted by Gasteiger charge is -2.26. The van der Waals surface area contributed by atoms with E-state index in [1.54, 1.807) is 0 Å². The van der Waals surface area contributed by atoms with Gasteiger partial charge in [0.05, 0.1) is 11.6 Å². The quantitative estimate of drug-likeness (QED) is 0.908. The third-order valence-corrected chi connectivity index (χ3v) is 3.90. The van der Waals surface area contributed by atoms with E-state index in [9.17, 15) is 24.2 Å². The number of phenols is 1. The van der Waals surface area contributed by atoms with Crippen molar-refractivity contribution in [1.82, 2.24) is 0 Å². The molecule has 2 N–H and O–H groups in total. The zero-order chi connectivity index (χ0) is 17.4. The zero-order valence-corrected chi connectivity index (χ0v) is 12.7. The van der Waals surface area contributed by atoms with Crippen molar-refractivity contribution in [3.05, 3.63) is 71.2 Å². The molecule has 0 aromatic heterocycles. The van der Waals surface area contributed by atoms with E-state index in [1.165, 1.54) is 60.4 Å². The molecule has 1 heterocycles. The number of nitrogens with zero attached hydrogens (tertiary/aromatic N) is 1. The maximum absolute atomic E-state index is 13.2. The first-order valence-corrected chi connectivity index (χ1v) is 7.22. The van der Waals surface area contributed by atoms with Gasteiger partial charge in [0, 0.05) is 5.69 Å². The van der Waals surface area contributed by atoms with Crippen LogP contribution in [-0.2, 0) is 9.59 Å². The highest BCUT2D eigenvalue weighted by Gasteiger charge is 2.43. The van der Waals surface area contributed by atoms with Gasteiger partial charge in [-0.2, -0.15) is 0 Å². The first-order valence-electron chi connectivity index (χ1n) is 7.22. The van der Waals surface area contributed by atoms with Gasteiger partial charge in [0.1, 0.15) is 11.6 Å². The van der Waals surface area contributed by atoms with E-state index < -0.39 is 29.3 Å². The molecular weight excluding hydrogens is 313 g/mol. The fourth-order valence-corrected chi connectivity index (χ4v) is 2.80. The van der Waals surface area contributed by atoms with Crippen molar-refractivity contribution in [3.8, 4) is 5.75 Å². The van der Waals surface area contributed by atoms with Crippen LogP contribution in [0.3, 0.4) is 0 Å². The molecule has 2 aromatic rings. The molecule has 0 aliphatic carbocycles. The highest BCUT2D eigenvalue weighted by atomic mass is 19.1. The molecule has 2 aromatic carbocycles. The Morgan fingerprint density at radius 1 is 1.04 bits per heavy atom. The van der Waals surface area contributed by atoms with Gasteiger partial charge in [0.25, 0.3) is 5.91 Å². The maximum Gasteiger partial charge on any atom is 0.294 e. The van der Waals surface area contributed by atoms with Crippen molar-refractivity contribution < 1.29 is 24.2 Å². The summed E-state index contributed by atoms with van der Waals surface area (Å²) in [5.74, 6) is -2.22. The second kappa shape index (κ2) is 5.81. The molecule has 1 atom stereocenters. The van der Waals surface area contributed by atoms with E-state index >= 15 is 0 Å². The minimum absolute atomic E-state index is 0.0210. The molecule has 3 rings (SSSR count). The Kier molecular flexibility index (Phi) is 3.81. The number of carbonyl (C=O) groups excluding carboxylic acids is 2. The second-order valence-electron chi connectivity index (χ2n) is 5.46. The summed E-state index contributed by atoms with van der Waals surface area (Å²) in [4.78, 5) is 25.7. The van der Waals surface area contributed by atoms with Gasteiger partial charge < -0.3 is 10.2 Å². The van der Waals surface area contributed by atoms with E-state index in [0.29, 0.717) is 11.3 Å². The van der Waals surface area contributed by atoms with E-state index in [1.807, 2.05) is 0 Å². The number of carbonyl (C=O) groups is 2. The molecule has 5 nitrogen and oxygen atoms in total. The molecule has 0 spiro atoms. The second-order valence-corrected chi connectivity index (χ2v) is 5.46. The number of ketones is 1. The van der Waals surface area contributed by atoms with Crippen LogP contribution in [0.15, 0.2) is 59.9 Å². The lowest BCUT2D eigenvalue weighted by molar-refractivity contribution is -0.117. The topological polar surface area (TPSA) is 77.8 Å². The number of aliphatic hydroxyl groups is 1. The molecule has 1 unspecified atom stereocenters. The molecule has 0 saturated carbocycles. The molecule has 1 aliphatic rings. The SMILES string of the molecule is CC(=O)C1=C(O)C(=O)N(c2ccc(O)cc2)C1c1ccc(F)cc1. The number of benzene rings is 2. The monoisotopic (exact) mass is 327 g/mol. The maximum atomic E-state index is 13.2. The molecule has 1 amide bonds. The highest BCUT2D eigenvalue weighted by molar-refractivity contribution is 6.16. The van der Waals surface area contributed by atoms with Gasteiger partial charge in [0.2, 0.25) is 0 Å². The standard InChI is InChI=1S/C18H14FNO4/c1-10(21)15-16(11-2-4-12(19)5-3-11)20(18(24)17(15)23)13-6-8-14(22)9-7-13/h2-9,16,22-23H,1H3. The zero-order valence-electron chi connectivity index (χ0n) is 12.7. The summed E-state index contributed by atoms with van der Waals surface area (Å²) in [7, 11) is 0. The third kappa shape index (κ3) is 2.52. The molecule has 24 heavy (non-hydrogen) atoms. The van der Waals surface area contributed by atoms with Crippen molar-refractivity contribution in [2.24, 2.45) is 0 Å². The lowest BCUT2D eigenvalue weighted by atomic mass is 9.96. The molecule has 122 valence electrons. The molecule has 0 fully saturated rings. The Balaban J connectivity index is 2.16. The van der Waals surface area contributed by atoms with Crippen LogP contribution in [-0.4, -0.2) is 21.9 Å². The summed E-state index contributed by atoms with van der Waals surface area (Å²) >= 11 is 0. The van der Waals surface area contributed by atoms with Gasteiger partial charge in [-0.15, -0.1) is 0 Å². The fraction of sp³-hybridized carbons (Fsp3) is 0.111. The number of halogens is 1. The summed E-state index contributed by atoms with van der Waals surface area (Å²) in [5.41, 5.74) is 0.849. The first-order chi connectivity index (χ1) is 11.4. The van der Waals surface area contributed by atoms with Gasteiger partial charge in [-0.1, -0.05) is 12.1 Å². The van der Waals surface area contributed by atoms with E-state index in [0.717, 1.165) is 0 Å². The van der Waals surface area contributed by atoms with Crippen LogP contribution < -0.4 is 4.90 Å². The summed E-state index contributed by atoms with van der Waals surface area (Å²) in [5, 5.41) is 19.6. The van der Waals surface area contributed by atoms with Crippen molar-refractivity contribution in [1.29, 1.82) is 0 Å². The smallest absolute Gasteiger partial charge is 0.294 e. The number of Topliss-reactive ketones (excluding diaryl/α,β-unsaturated/α-hetero) is 1. The van der Waals surface area contributed by atoms with Gasteiger partial charge in [-0.25, -0.2) is 4.39 Å². The average molecular weight is 327 g/mol. The van der Waals surface area contributed by atoms with Crippen LogP contribution in [0.2, 0.25) is 0 Å². The number of rotatable bonds is 3. The van der Waals surface area contributed by atoms with Gasteiger partial charge >= 0.3 is 0 Å². The average Bonchev–Trinajstić information content (AvgIpc) is 2.81. The van der Waals surface area contributed by atoms with E-state index in [2.05, 4.69) is 0 Å². The van der Waals surface area contributed by atoms with Crippen LogP contribution in [0.25, 0.3) is 0 Å². The largest absolute Gasteiger partial charge is 0.508 e. The Hall–Kier alpha value is -3.15. The van der Waals surface area contributed by atoms with Crippen molar-refractivity contribution in [2.75, 3.05) is 4.90 Å². The summed E-state index contributed by atoms with van der Waals surface area (Å²) < 4.78 is 13.2. The highest BCUT2D eigenvalue weighted by Crippen LogP contribution is 2.41. The number of amides is 1. The fourth-order valence-electron chi connectivity index (χ4n) is 2.80. The number of phenolic OH excluding ortho intramolecular Hbond substituents is 1. The third-order valence-electron chi connectivity index (χ3n) is 3.90. The van der Waals surface area contributed by atoms with E-state index in [-0.39, 0.29) is 11.3 Å². The Labute approximate surface area is 137 Å². The molecule has 0 saturated heterocycles. The van der Waals surface area contributed by atoms with Gasteiger partial charge in [-0.3, -0.25) is 14.5 Å². The summed E-state index contributed by atoms with van der Waals surface area (Å²) in [6.45, 7) is 1.26. The van der Waals surface area contributed by atoms with Crippen molar-refractivity contribution in [3.63, 3.8) is 0 Å². The predicted molar refractivity (Wildman–Crippen MR) is 85.1 cm³/mol. The Morgan fingerprint density at radius 2 is 1.62 bits per heavy atom. The molecule has 0 bridgehead atoms. The summed E-state index contributed by atoms with van der Waals surface area (Å²) in [6.07, 6.45) is 0. The first kappa shape index (κ1) is 15.7. The Bertz CT molecular complexity index is 840. The number of hydrogen-bond donors (Lipinski definition) is 2. The van der Waals surface area contributed by atoms with Crippen LogP contribution in [0.5, 0.6) is 5.75 Å². The van der Waals surface area contributed by atoms with Crippen LogP contribution in [0, 0.1) is 5.82 Å². The Morgan fingerprint density at radius 3 is 2.17 bits per heavy atom. The molecule has 0 radical (unpaired) electrons. The number of anilines is 1. The minimum atomic E-state index is -0.861. The normalized spacial score (nSPS) is 17.5. The molecule has 1 aliphatic heterocycles. The van der Waals surface area contributed by atoms with Crippen molar-refractivity contribution >= 4 is 17.4 Å². The number of aliphatic hydroxyl groups excluding tert-OH is 1. The lowest BCUT2D eigenvalue weighted by Crippen LogP contribution is -2.30. The van der Waals surface area contributed by atoms with Gasteiger partial charge in [0.15, 0.2) is 11.5 Å². The molecular formula is C18H14FNO4. The molecule has 6 heteroatoms. The number of hydrogen-bond acceptors (Lipinski definition) is 4. The summed E-state index contributed by atoms with van der Waals surface area (Å²) in [6, 6.07) is 10.3. The number of aromatic hydroxyl groups is 1. The van der Waals surface area contributed by atoms with Crippen LogP contribution in [0.1, 0.15) is 18.5 Å². The van der Waals surface area contributed by atoms with Crippen LogP contribution in [0.4, 0.5) is 10.1 Å². The van der Waals surface area contributed by atoms with E-state index in [4.69, 9.17) is 0 Å². The van der Waals surface area contributed by atoms with Gasteiger partial charge in [-0.05, 0) is 48.9 Å². The van der Waals surface area contributed by atoms with Crippen molar-refractivity contribution in [2.45, 2.75) is 13.0 Å². The minimum Gasteiger partial charge on any atom is -0.508 e.